The van der Waals surface area contributed by atoms with Crippen LogP contribution >= 0.6 is 11.8 Å². The Morgan fingerprint density at radius 3 is 2.38 bits per heavy atom. The van der Waals surface area contributed by atoms with Gasteiger partial charge in [-0.05, 0) is 81.0 Å². The Labute approximate surface area is 192 Å². The summed E-state index contributed by atoms with van der Waals surface area (Å²) in [4.78, 5) is 35.8. The number of amides is 2. The molecule has 0 aliphatic heterocycles. The van der Waals surface area contributed by atoms with Crippen LogP contribution in [0.15, 0.2) is 66.1 Å². The summed E-state index contributed by atoms with van der Waals surface area (Å²) in [5.74, 6) is -0.375. The first-order valence-corrected chi connectivity index (χ1v) is 11.0. The molecule has 2 N–H and O–H groups in total. The smallest absolute Gasteiger partial charge is 0.258 e. The van der Waals surface area contributed by atoms with E-state index in [4.69, 9.17) is 0 Å². The van der Waals surface area contributed by atoms with E-state index in [1.54, 1.807) is 35.6 Å². The van der Waals surface area contributed by atoms with Gasteiger partial charge in [-0.1, -0.05) is 17.8 Å². The van der Waals surface area contributed by atoms with Gasteiger partial charge in [-0.3, -0.25) is 14.6 Å². The quantitative estimate of drug-likeness (QED) is 0.402. The molecule has 7 nitrogen and oxygen atoms in total. The second-order valence-electron chi connectivity index (χ2n) is 7.77. The van der Waals surface area contributed by atoms with Gasteiger partial charge in [0.1, 0.15) is 10.4 Å². The van der Waals surface area contributed by atoms with E-state index in [0.29, 0.717) is 10.6 Å². The fraction of sp³-hybridized carbons (Fsp3) is 0.250. The molecule has 3 rings (SSSR count). The van der Waals surface area contributed by atoms with E-state index in [0.717, 1.165) is 22.4 Å². The fourth-order valence-corrected chi connectivity index (χ4v) is 4.33. The summed E-state index contributed by atoms with van der Waals surface area (Å²) in [6, 6.07) is 13.0. The van der Waals surface area contributed by atoms with Crippen molar-refractivity contribution in [3.63, 3.8) is 0 Å². The van der Waals surface area contributed by atoms with Crippen molar-refractivity contribution in [2.75, 3.05) is 26.0 Å². The lowest BCUT2D eigenvalue weighted by Gasteiger charge is -2.20. The number of likely N-dealkylation sites (N-methyl/N-ethyl adjacent to an activating group) is 1. The molecule has 0 saturated carbocycles. The van der Waals surface area contributed by atoms with Gasteiger partial charge in [0.25, 0.3) is 5.91 Å². The Balaban J connectivity index is 1.85. The molecule has 0 spiro atoms. The number of benzene rings is 1. The van der Waals surface area contributed by atoms with Gasteiger partial charge in [0.2, 0.25) is 5.91 Å². The van der Waals surface area contributed by atoms with Crippen LogP contribution in [-0.4, -0.2) is 47.3 Å². The van der Waals surface area contributed by atoms with Gasteiger partial charge in [-0.25, -0.2) is 4.98 Å². The number of carbonyl (C=O) groups is 2. The predicted octanol–water partition coefficient (Wildman–Crippen LogP) is 3.81. The number of carbonyl (C=O) groups excluding carboxylic acids is 2. The van der Waals surface area contributed by atoms with Crippen LogP contribution in [0.25, 0.3) is 0 Å². The van der Waals surface area contributed by atoms with E-state index < -0.39 is 5.37 Å². The van der Waals surface area contributed by atoms with Crippen LogP contribution in [0.3, 0.4) is 0 Å². The molecular weight excluding hydrogens is 422 g/mol. The molecule has 0 aliphatic carbocycles. The molecule has 1 aromatic carbocycles. The van der Waals surface area contributed by atoms with Crippen LogP contribution < -0.4 is 10.6 Å². The number of hydrogen-bond acceptors (Lipinski definition) is 6. The molecule has 3 aromatic rings. The van der Waals surface area contributed by atoms with Crippen LogP contribution in [0.5, 0.6) is 0 Å². The Bertz CT molecular complexity index is 1070. The van der Waals surface area contributed by atoms with Crippen LogP contribution in [-0.2, 0) is 4.79 Å². The minimum Gasteiger partial charge on any atom is -0.339 e. The summed E-state index contributed by atoms with van der Waals surface area (Å²) in [6.07, 6.45) is 4.99. The van der Waals surface area contributed by atoms with Crippen molar-refractivity contribution >= 4 is 29.3 Å². The van der Waals surface area contributed by atoms with Crippen molar-refractivity contribution in [2.45, 2.75) is 24.2 Å². The molecule has 0 radical (unpaired) electrons. The first kappa shape index (κ1) is 23.4. The van der Waals surface area contributed by atoms with E-state index in [2.05, 4.69) is 26.7 Å². The largest absolute Gasteiger partial charge is 0.339 e. The zero-order valence-electron chi connectivity index (χ0n) is 18.6. The maximum Gasteiger partial charge on any atom is 0.258 e. The molecule has 2 aromatic heterocycles. The summed E-state index contributed by atoms with van der Waals surface area (Å²) in [5.41, 5.74) is 4.18. The number of anilines is 1. The first-order valence-electron chi connectivity index (χ1n) is 10.2. The van der Waals surface area contributed by atoms with Crippen molar-refractivity contribution < 1.29 is 9.59 Å². The number of nitrogens with one attached hydrogen (secondary N) is 2. The van der Waals surface area contributed by atoms with Crippen LogP contribution in [0, 0.1) is 13.8 Å². The maximum absolute atomic E-state index is 13.1. The van der Waals surface area contributed by atoms with E-state index in [1.165, 1.54) is 11.8 Å². The monoisotopic (exact) mass is 449 g/mol. The number of rotatable bonds is 8. The third-order valence-corrected chi connectivity index (χ3v) is 5.66. The Morgan fingerprint density at radius 2 is 1.72 bits per heavy atom. The van der Waals surface area contributed by atoms with E-state index >= 15 is 0 Å². The fourth-order valence-electron chi connectivity index (χ4n) is 3.21. The van der Waals surface area contributed by atoms with Gasteiger partial charge in [0.05, 0.1) is 12.1 Å². The van der Waals surface area contributed by atoms with Gasteiger partial charge in [-0.2, -0.15) is 0 Å². The lowest BCUT2D eigenvalue weighted by molar-refractivity contribution is -0.121. The van der Waals surface area contributed by atoms with Gasteiger partial charge < -0.3 is 15.5 Å². The van der Waals surface area contributed by atoms with Crippen LogP contribution in [0.4, 0.5) is 5.69 Å². The Hall–Kier alpha value is -3.23. The number of nitrogens with zero attached hydrogens (tertiary/aromatic N) is 3. The molecule has 0 saturated heterocycles. The minimum atomic E-state index is -0.423. The Morgan fingerprint density at radius 1 is 1.03 bits per heavy atom. The second-order valence-corrected chi connectivity index (χ2v) is 8.86. The number of aromatic nitrogens is 2. The third kappa shape index (κ3) is 6.63. The molecule has 32 heavy (non-hydrogen) atoms. The lowest BCUT2D eigenvalue weighted by atomic mass is 10.1. The summed E-state index contributed by atoms with van der Waals surface area (Å²) >= 11 is 1.32. The van der Waals surface area contributed by atoms with Gasteiger partial charge >= 0.3 is 0 Å². The highest BCUT2D eigenvalue weighted by molar-refractivity contribution is 7.99. The maximum atomic E-state index is 13.1. The standard InChI is InChI=1S/C24H27N5O2S/c1-16-12-17(2)14-19(13-16)27-22(31)20-6-5-9-26-24(20)32-23(18-7-10-25-11-8-18)28-21(30)15-29(3)4/h5-14,23H,15H2,1-4H3,(H,27,31)(H,28,30). The molecule has 2 amide bonds. The van der Waals surface area contributed by atoms with Crippen LogP contribution in [0.1, 0.15) is 32.4 Å². The SMILES string of the molecule is Cc1cc(C)cc(NC(=O)c2cccnc2SC(NC(=O)CN(C)C)c2ccncc2)c1. The molecule has 1 unspecified atom stereocenters. The summed E-state index contributed by atoms with van der Waals surface area (Å²) in [7, 11) is 3.67. The van der Waals surface area contributed by atoms with Gasteiger partial charge in [0.15, 0.2) is 0 Å². The molecule has 0 fully saturated rings. The molecule has 0 bridgehead atoms. The summed E-state index contributed by atoms with van der Waals surface area (Å²) in [6.45, 7) is 4.23. The average molecular weight is 450 g/mol. The average Bonchev–Trinajstić information content (AvgIpc) is 2.73. The number of pyridine rings is 2. The zero-order valence-corrected chi connectivity index (χ0v) is 19.4. The van der Waals surface area contributed by atoms with E-state index in [9.17, 15) is 9.59 Å². The highest BCUT2D eigenvalue weighted by Crippen LogP contribution is 2.34. The van der Waals surface area contributed by atoms with E-state index in [-0.39, 0.29) is 18.4 Å². The molecular formula is C24H27N5O2S. The molecule has 0 aliphatic rings. The molecule has 166 valence electrons. The molecule has 1 atom stereocenters. The second kappa shape index (κ2) is 10.9. The minimum absolute atomic E-state index is 0.124. The number of aryl methyl sites for hydroxylation is 2. The van der Waals surface area contributed by atoms with Crippen molar-refractivity contribution in [1.29, 1.82) is 0 Å². The van der Waals surface area contributed by atoms with Crippen molar-refractivity contribution in [2.24, 2.45) is 0 Å². The van der Waals surface area contributed by atoms with Crippen molar-refractivity contribution in [3.05, 3.63) is 83.3 Å². The highest BCUT2D eigenvalue weighted by atomic mass is 32.2. The van der Waals surface area contributed by atoms with Crippen molar-refractivity contribution in [3.8, 4) is 0 Å². The number of thioether (sulfide) groups is 1. The lowest BCUT2D eigenvalue weighted by Crippen LogP contribution is -2.35. The Kier molecular flexibility index (Phi) is 7.97. The zero-order chi connectivity index (χ0) is 23.1. The summed E-state index contributed by atoms with van der Waals surface area (Å²) < 4.78 is 0. The van der Waals surface area contributed by atoms with E-state index in [1.807, 2.05) is 52.2 Å². The summed E-state index contributed by atoms with van der Waals surface area (Å²) in [5, 5.41) is 6.10. The number of hydrogen-bond donors (Lipinski definition) is 2. The molecule has 8 heteroatoms. The van der Waals surface area contributed by atoms with Gasteiger partial charge in [-0.15, -0.1) is 0 Å². The van der Waals surface area contributed by atoms with Crippen LogP contribution in [0.2, 0.25) is 0 Å². The normalized spacial score (nSPS) is 11.8. The predicted molar refractivity (Wildman–Crippen MR) is 128 cm³/mol. The van der Waals surface area contributed by atoms with Gasteiger partial charge in [0, 0.05) is 24.3 Å². The third-order valence-electron chi connectivity index (χ3n) is 4.49. The molecule has 2 heterocycles. The first-order chi connectivity index (χ1) is 15.3. The highest BCUT2D eigenvalue weighted by Gasteiger charge is 2.21. The topological polar surface area (TPSA) is 87.2 Å². The van der Waals surface area contributed by atoms with Crippen molar-refractivity contribution in [1.82, 2.24) is 20.2 Å².